The number of hydrogen-bond acceptors (Lipinski definition) is 8. The van der Waals surface area contributed by atoms with Crippen molar-refractivity contribution in [1.82, 2.24) is 20.2 Å². The number of piperazine rings is 1. The van der Waals surface area contributed by atoms with Crippen LogP contribution in [0.1, 0.15) is 24.1 Å². The van der Waals surface area contributed by atoms with E-state index in [4.69, 9.17) is 26.3 Å². The molecule has 0 saturated carbocycles. The molecule has 10 heteroatoms. The van der Waals surface area contributed by atoms with Gasteiger partial charge in [-0.3, -0.25) is 4.79 Å². The molecule has 4 heterocycles. The number of nitrogens with zero attached hydrogens (tertiary/aromatic N) is 6. The van der Waals surface area contributed by atoms with Crippen molar-refractivity contribution in [1.29, 1.82) is 5.26 Å². The first-order chi connectivity index (χ1) is 20.1. The lowest BCUT2D eigenvalue weighted by Gasteiger charge is -2.42. The van der Waals surface area contributed by atoms with Crippen LogP contribution in [0.4, 0.5) is 11.5 Å². The number of anilines is 2. The van der Waals surface area contributed by atoms with Crippen LogP contribution in [0, 0.1) is 17.2 Å². The highest BCUT2D eigenvalue weighted by Gasteiger charge is 2.33. The van der Waals surface area contributed by atoms with E-state index in [1.54, 1.807) is 4.90 Å². The summed E-state index contributed by atoms with van der Waals surface area (Å²) in [6, 6.07) is 14.7. The minimum Gasteiger partial charge on any atom is -0.463 e. The highest BCUT2D eigenvalue weighted by molar-refractivity contribution is 6.36. The zero-order valence-electron chi connectivity index (χ0n) is 23.1. The Morgan fingerprint density at radius 1 is 1.20 bits per heavy atom. The van der Waals surface area contributed by atoms with Crippen molar-refractivity contribution in [2.45, 2.75) is 31.8 Å². The van der Waals surface area contributed by atoms with Gasteiger partial charge < -0.3 is 24.8 Å². The molecule has 41 heavy (non-hydrogen) atoms. The molecule has 2 fully saturated rings. The van der Waals surface area contributed by atoms with Crippen molar-refractivity contribution in [3.63, 3.8) is 0 Å². The van der Waals surface area contributed by atoms with E-state index >= 15 is 0 Å². The quantitative estimate of drug-likeness (QED) is 0.426. The van der Waals surface area contributed by atoms with E-state index in [1.165, 1.54) is 6.08 Å². The Morgan fingerprint density at radius 3 is 2.83 bits per heavy atom. The van der Waals surface area contributed by atoms with Gasteiger partial charge in [-0.2, -0.15) is 15.2 Å². The average Bonchev–Trinajstić information content (AvgIpc) is 3.53. The summed E-state index contributed by atoms with van der Waals surface area (Å²) in [6.45, 7) is 9.16. The molecule has 3 aromatic rings. The molecule has 0 spiro atoms. The smallest absolute Gasteiger partial charge is 0.318 e. The van der Waals surface area contributed by atoms with Crippen LogP contribution in [0.15, 0.2) is 49.1 Å². The molecule has 2 saturated heterocycles. The second-order valence-electron chi connectivity index (χ2n) is 10.9. The lowest BCUT2D eigenvalue weighted by molar-refractivity contribution is -0.128. The number of hydrogen-bond donors (Lipinski definition) is 1. The lowest BCUT2D eigenvalue weighted by atomic mass is 10.0. The van der Waals surface area contributed by atoms with Gasteiger partial charge in [0.15, 0.2) is 0 Å². The monoisotopic (exact) mass is 571 g/mol. The van der Waals surface area contributed by atoms with Crippen LogP contribution in [0.3, 0.4) is 0 Å². The average molecular weight is 572 g/mol. The number of halogens is 1. The molecule has 0 bridgehead atoms. The molecule has 9 nitrogen and oxygen atoms in total. The molecule has 1 amide bonds. The van der Waals surface area contributed by atoms with Crippen molar-refractivity contribution >= 4 is 39.8 Å². The molecular weight excluding hydrogens is 538 g/mol. The predicted octanol–water partition coefficient (Wildman–Crippen LogP) is 3.95. The Hall–Kier alpha value is -3.87. The molecule has 212 valence electrons. The Kier molecular flexibility index (Phi) is 7.95. The molecule has 2 aromatic carbocycles. The van der Waals surface area contributed by atoms with Crippen LogP contribution >= 0.6 is 11.6 Å². The molecular formula is C31H34ClN7O2. The van der Waals surface area contributed by atoms with Crippen molar-refractivity contribution in [3.8, 4) is 12.1 Å². The van der Waals surface area contributed by atoms with E-state index in [2.05, 4.69) is 52.0 Å². The van der Waals surface area contributed by atoms with E-state index in [0.717, 1.165) is 71.0 Å². The number of nitrogens with one attached hydrogen (secondary N) is 1. The van der Waals surface area contributed by atoms with Gasteiger partial charge in [0.05, 0.1) is 42.4 Å². The van der Waals surface area contributed by atoms with Crippen molar-refractivity contribution in [2.75, 3.05) is 55.7 Å². The Labute approximate surface area is 245 Å². The van der Waals surface area contributed by atoms with E-state index in [1.807, 2.05) is 12.1 Å². The molecule has 1 aromatic heterocycles. The highest BCUT2D eigenvalue weighted by Crippen LogP contribution is 2.37. The number of nitriles is 1. The standard InChI is InChI=1S/C31H34ClN7O2/c1-2-28(40)39-16-15-38(18-23(39)9-12-33)30-24-11-14-37(27-8-4-6-22-5-3-7-25(32)29(22)27)19-26(24)35-31(36-30)41-20-21-10-13-34-17-21/h2-8,21,23,34H,1,9-11,13-20H2. The molecule has 1 N–H and O–H groups in total. The third-order valence-corrected chi connectivity index (χ3v) is 8.69. The molecule has 2 atom stereocenters. The lowest BCUT2D eigenvalue weighted by Crippen LogP contribution is -2.55. The fourth-order valence-electron chi connectivity index (χ4n) is 6.24. The summed E-state index contributed by atoms with van der Waals surface area (Å²) in [6.07, 6.45) is 3.40. The maximum absolute atomic E-state index is 12.5. The predicted molar refractivity (Wildman–Crippen MR) is 160 cm³/mol. The zero-order chi connectivity index (χ0) is 28.3. The van der Waals surface area contributed by atoms with Crippen LogP contribution in [-0.2, 0) is 17.8 Å². The Morgan fingerprint density at radius 2 is 2.05 bits per heavy atom. The van der Waals surface area contributed by atoms with Crippen LogP contribution < -0.4 is 19.9 Å². The van der Waals surface area contributed by atoms with Gasteiger partial charge in [-0.25, -0.2) is 0 Å². The molecule has 0 radical (unpaired) electrons. The molecule has 6 rings (SSSR count). The van der Waals surface area contributed by atoms with Gasteiger partial charge in [-0.15, -0.1) is 0 Å². The molecule has 3 aliphatic rings. The van der Waals surface area contributed by atoms with Gasteiger partial charge in [0.2, 0.25) is 5.91 Å². The maximum Gasteiger partial charge on any atom is 0.318 e. The number of benzene rings is 2. The minimum absolute atomic E-state index is 0.145. The van der Waals surface area contributed by atoms with Gasteiger partial charge in [-0.05, 0) is 43.0 Å². The van der Waals surface area contributed by atoms with Crippen molar-refractivity contribution in [3.05, 3.63) is 65.3 Å². The third-order valence-electron chi connectivity index (χ3n) is 8.37. The van der Waals surface area contributed by atoms with Gasteiger partial charge >= 0.3 is 6.01 Å². The number of aromatic nitrogens is 2. The SMILES string of the molecule is C=CC(=O)N1CCN(c2nc(OCC3CCNC3)nc3c2CCN(c2cccc4cccc(Cl)c24)C3)CC1CC#N. The van der Waals surface area contributed by atoms with Gasteiger partial charge in [0, 0.05) is 55.3 Å². The van der Waals surface area contributed by atoms with Crippen molar-refractivity contribution in [2.24, 2.45) is 5.92 Å². The van der Waals surface area contributed by atoms with Gasteiger partial charge in [0.25, 0.3) is 0 Å². The summed E-state index contributed by atoms with van der Waals surface area (Å²) in [5.74, 6) is 1.13. The van der Waals surface area contributed by atoms with E-state index in [-0.39, 0.29) is 18.4 Å². The summed E-state index contributed by atoms with van der Waals surface area (Å²) < 4.78 is 6.21. The van der Waals surface area contributed by atoms with Gasteiger partial charge in [0.1, 0.15) is 5.82 Å². The summed E-state index contributed by atoms with van der Waals surface area (Å²) in [7, 11) is 0. The van der Waals surface area contributed by atoms with Crippen LogP contribution in [-0.4, -0.2) is 72.7 Å². The van der Waals surface area contributed by atoms with E-state index in [0.29, 0.717) is 44.7 Å². The van der Waals surface area contributed by atoms with E-state index < -0.39 is 0 Å². The number of ether oxygens (including phenoxy) is 1. The maximum atomic E-state index is 12.5. The van der Waals surface area contributed by atoms with Gasteiger partial charge in [-0.1, -0.05) is 42.4 Å². The molecule has 0 aliphatic carbocycles. The van der Waals surface area contributed by atoms with E-state index in [9.17, 15) is 10.1 Å². The summed E-state index contributed by atoms with van der Waals surface area (Å²) in [5.41, 5.74) is 3.12. The van der Waals surface area contributed by atoms with Crippen LogP contribution in [0.5, 0.6) is 6.01 Å². The summed E-state index contributed by atoms with van der Waals surface area (Å²) >= 11 is 6.68. The highest BCUT2D eigenvalue weighted by atomic mass is 35.5. The summed E-state index contributed by atoms with van der Waals surface area (Å²) in [5, 5.41) is 15.8. The first-order valence-corrected chi connectivity index (χ1v) is 14.6. The second-order valence-corrected chi connectivity index (χ2v) is 11.3. The third kappa shape index (κ3) is 5.54. The zero-order valence-corrected chi connectivity index (χ0v) is 23.8. The number of fused-ring (bicyclic) bond motifs is 2. The first-order valence-electron chi connectivity index (χ1n) is 14.3. The second kappa shape index (κ2) is 11.9. The fraction of sp³-hybridized carbons (Fsp3) is 0.419. The fourth-order valence-corrected chi connectivity index (χ4v) is 6.52. The first kappa shape index (κ1) is 27.3. The summed E-state index contributed by atoms with van der Waals surface area (Å²) in [4.78, 5) is 28.6. The number of carbonyl (C=O) groups excluding carboxylic acids is 1. The minimum atomic E-state index is -0.239. The molecule has 2 unspecified atom stereocenters. The van der Waals surface area contributed by atoms with Crippen LogP contribution in [0.25, 0.3) is 10.8 Å². The Bertz CT molecular complexity index is 1490. The number of amides is 1. The normalized spacial score (nSPS) is 20.5. The largest absolute Gasteiger partial charge is 0.463 e. The Balaban J connectivity index is 1.34. The topological polar surface area (TPSA) is 97.6 Å². The number of carbonyl (C=O) groups is 1. The van der Waals surface area contributed by atoms with Crippen LogP contribution in [0.2, 0.25) is 5.02 Å². The molecule has 3 aliphatic heterocycles. The van der Waals surface area contributed by atoms with Crippen molar-refractivity contribution < 1.29 is 9.53 Å². The number of rotatable bonds is 7.